The molecule has 0 spiro atoms. The van der Waals surface area contributed by atoms with Crippen molar-refractivity contribution in [2.45, 2.75) is 0 Å². The average molecular weight is 223 g/mol. The minimum Gasteiger partial charge on any atom is -0.478 e. The lowest BCUT2D eigenvalue weighted by Gasteiger charge is -1.98. The molecule has 0 aliphatic carbocycles. The summed E-state index contributed by atoms with van der Waals surface area (Å²) in [4.78, 5) is 20.6. The van der Waals surface area contributed by atoms with E-state index >= 15 is 0 Å². The molecule has 3 N–H and O–H groups in total. The van der Waals surface area contributed by atoms with Gasteiger partial charge in [-0.2, -0.15) is 8.42 Å². The highest BCUT2D eigenvalue weighted by atomic mass is 32.2. The highest BCUT2D eigenvalue weighted by Crippen LogP contribution is 1.80. The van der Waals surface area contributed by atoms with Crippen molar-refractivity contribution in [1.82, 2.24) is 5.32 Å². The maximum absolute atomic E-state index is 10.7. The largest absolute Gasteiger partial charge is 0.478 e. The maximum Gasteiger partial charge on any atom is 0.328 e. The number of hydrogen-bond acceptors (Lipinski definition) is 4. The number of aliphatic carboxylic acids is 1. The summed E-state index contributed by atoms with van der Waals surface area (Å²) in [5, 5.41) is 10.2. The van der Waals surface area contributed by atoms with Gasteiger partial charge in [0.05, 0.1) is 5.75 Å². The Balaban J connectivity index is 3.82. The summed E-state index contributed by atoms with van der Waals surface area (Å²) in [7, 11) is -4.11. The first-order chi connectivity index (χ1) is 6.31. The van der Waals surface area contributed by atoms with Crippen molar-refractivity contribution in [2.75, 3.05) is 12.3 Å². The van der Waals surface area contributed by atoms with E-state index in [0.717, 1.165) is 6.08 Å². The van der Waals surface area contributed by atoms with Crippen molar-refractivity contribution in [3.63, 3.8) is 0 Å². The molecule has 0 rings (SSSR count). The normalized spacial score (nSPS) is 11.5. The van der Waals surface area contributed by atoms with Crippen LogP contribution in [0.5, 0.6) is 0 Å². The molecule has 8 heteroatoms. The van der Waals surface area contributed by atoms with Gasteiger partial charge >= 0.3 is 5.97 Å². The minimum absolute atomic E-state index is 0.276. The average Bonchev–Trinajstić information content (AvgIpc) is 1.98. The van der Waals surface area contributed by atoms with Crippen LogP contribution in [-0.2, 0) is 19.7 Å². The molecule has 80 valence electrons. The molecule has 14 heavy (non-hydrogen) atoms. The Labute approximate surface area is 80.2 Å². The van der Waals surface area contributed by atoms with E-state index in [4.69, 9.17) is 9.66 Å². The monoisotopic (exact) mass is 223 g/mol. The van der Waals surface area contributed by atoms with Gasteiger partial charge in [0.2, 0.25) is 5.91 Å². The van der Waals surface area contributed by atoms with E-state index < -0.39 is 27.7 Å². The lowest BCUT2D eigenvalue weighted by atomic mass is 10.4. The fourth-order valence-electron chi connectivity index (χ4n) is 0.509. The molecular weight excluding hydrogens is 214 g/mol. The minimum atomic E-state index is -4.11. The molecule has 0 saturated carbocycles. The van der Waals surface area contributed by atoms with Crippen LogP contribution in [0.25, 0.3) is 0 Å². The van der Waals surface area contributed by atoms with E-state index in [-0.39, 0.29) is 6.54 Å². The van der Waals surface area contributed by atoms with Gasteiger partial charge in [-0.3, -0.25) is 9.35 Å². The number of hydrogen-bond donors (Lipinski definition) is 3. The van der Waals surface area contributed by atoms with Crippen LogP contribution in [0.1, 0.15) is 0 Å². The zero-order valence-corrected chi connectivity index (χ0v) is 7.82. The fourth-order valence-corrected chi connectivity index (χ4v) is 0.869. The van der Waals surface area contributed by atoms with Gasteiger partial charge in [0.1, 0.15) is 0 Å². The smallest absolute Gasteiger partial charge is 0.328 e. The predicted octanol–water partition coefficient (Wildman–Crippen LogP) is -1.37. The molecule has 0 radical (unpaired) electrons. The molecule has 0 fully saturated rings. The Bertz CT molecular complexity index is 343. The second-order valence-corrected chi connectivity index (χ2v) is 3.82. The van der Waals surface area contributed by atoms with Crippen molar-refractivity contribution in [2.24, 2.45) is 0 Å². The first-order valence-electron chi connectivity index (χ1n) is 3.45. The molecule has 0 heterocycles. The van der Waals surface area contributed by atoms with E-state index in [9.17, 15) is 18.0 Å². The van der Waals surface area contributed by atoms with Crippen molar-refractivity contribution in [3.05, 3.63) is 12.2 Å². The van der Waals surface area contributed by atoms with Crippen LogP contribution in [0.3, 0.4) is 0 Å². The summed E-state index contributed by atoms with van der Waals surface area (Å²) in [6, 6.07) is 0. The van der Waals surface area contributed by atoms with Gasteiger partial charge in [-0.05, 0) is 0 Å². The third-order valence-electron chi connectivity index (χ3n) is 1.04. The first kappa shape index (κ1) is 12.6. The Morgan fingerprint density at radius 2 is 1.86 bits per heavy atom. The second kappa shape index (κ2) is 5.35. The van der Waals surface area contributed by atoms with Gasteiger partial charge < -0.3 is 10.4 Å². The standard InChI is InChI=1S/C6H9NO6S/c8-5(1-2-6(9)10)7-3-4-14(11,12)13/h1-2H,3-4H2,(H,7,8)(H,9,10)(H,11,12,13). The van der Waals surface area contributed by atoms with Gasteiger partial charge in [-0.25, -0.2) is 4.79 Å². The van der Waals surface area contributed by atoms with E-state index in [0.29, 0.717) is 6.08 Å². The number of carbonyl (C=O) groups excluding carboxylic acids is 1. The molecule has 1 amide bonds. The quantitative estimate of drug-likeness (QED) is 0.390. The number of rotatable bonds is 5. The Morgan fingerprint density at radius 1 is 1.29 bits per heavy atom. The summed E-state index contributed by atoms with van der Waals surface area (Å²) >= 11 is 0. The summed E-state index contributed by atoms with van der Waals surface area (Å²) in [6.07, 6.45) is 1.36. The molecule has 0 aliphatic heterocycles. The molecule has 0 saturated heterocycles. The van der Waals surface area contributed by atoms with Gasteiger partial charge in [0.25, 0.3) is 10.1 Å². The zero-order chi connectivity index (χ0) is 11.2. The Kier molecular flexibility index (Phi) is 4.81. The predicted molar refractivity (Wildman–Crippen MR) is 46.2 cm³/mol. The summed E-state index contributed by atoms with van der Waals surface area (Å²) in [5.74, 6) is -2.63. The molecule has 0 unspecified atom stereocenters. The first-order valence-corrected chi connectivity index (χ1v) is 5.06. The van der Waals surface area contributed by atoms with Gasteiger partial charge in [0, 0.05) is 18.7 Å². The topological polar surface area (TPSA) is 121 Å². The lowest BCUT2D eigenvalue weighted by Crippen LogP contribution is -2.27. The van der Waals surface area contributed by atoms with E-state index in [1.807, 2.05) is 0 Å². The third kappa shape index (κ3) is 8.68. The van der Waals surface area contributed by atoms with Crippen LogP contribution in [0.2, 0.25) is 0 Å². The third-order valence-corrected chi connectivity index (χ3v) is 1.76. The fraction of sp³-hybridized carbons (Fsp3) is 0.333. The molecular formula is C6H9NO6S. The number of nitrogens with one attached hydrogen (secondary N) is 1. The van der Waals surface area contributed by atoms with E-state index in [1.165, 1.54) is 0 Å². The van der Waals surface area contributed by atoms with Gasteiger partial charge in [-0.1, -0.05) is 0 Å². The van der Waals surface area contributed by atoms with Gasteiger partial charge in [0.15, 0.2) is 0 Å². The molecule has 7 nitrogen and oxygen atoms in total. The second-order valence-electron chi connectivity index (χ2n) is 2.25. The highest BCUT2D eigenvalue weighted by molar-refractivity contribution is 7.85. The number of carboxylic acid groups (broad SMARTS) is 1. The van der Waals surface area contributed by atoms with E-state index in [2.05, 4.69) is 5.32 Å². The molecule has 0 aliphatic rings. The van der Waals surface area contributed by atoms with Crippen molar-refractivity contribution >= 4 is 22.0 Å². The molecule has 0 atom stereocenters. The number of carboxylic acids is 1. The van der Waals surface area contributed by atoms with E-state index in [1.54, 1.807) is 0 Å². The molecule has 0 aromatic rings. The van der Waals surface area contributed by atoms with Crippen molar-refractivity contribution < 1.29 is 27.7 Å². The van der Waals surface area contributed by atoms with Crippen LogP contribution in [0, 0.1) is 0 Å². The number of carbonyl (C=O) groups is 2. The summed E-state index contributed by atoms with van der Waals surface area (Å²) in [6.45, 7) is -0.276. The Hall–Kier alpha value is -1.41. The van der Waals surface area contributed by atoms with Crippen LogP contribution < -0.4 is 5.32 Å². The SMILES string of the molecule is O=C(O)C=CC(=O)NCCS(=O)(=O)O. The Morgan fingerprint density at radius 3 is 2.29 bits per heavy atom. The number of amides is 1. The molecule has 0 aromatic carbocycles. The van der Waals surface area contributed by atoms with Crippen molar-refractivity contribution in [3.8, 4) is 0 Å². The summed E-state index contributed by atoms with van der Waals surface area (Å²) < 4.78 is 28.6. The highest BCUT2D eigenvalue weighted by Gasteiger charge is 2.04. The molecule has 0 aromatic heterocycles. The van der Waals surface area contributed by atoms with Crippen LogP contribution in [0.4, 0.5) is 0 Å². The zero-order valence-electron chi connectivity index (χ0n) is 7.00. The lowest BCUT2D eigenvalue weighted by molar-refractivity contribution is -0.131. The maximum atomic E-state index is 10.7. The van der Waals surface area contributed by atoms with Crippen LogP contribution >= 0.6 is 0 Å². The molecule has 0 bridgehead atoms. The van der Waals surface area contributed by atoms with Crippen molar-refractivity contribution in [1.29, 1.82) is 0 Å². The van der Waals surface area contributed by atoms with Crippen LogP contribution in [-0.4, -0.2) is 42.3 Å². The summed E-state index contributed by atoms with van der Waals surface area (Å²) in [5.41, 5.74) is 0. The van der Waals surface area contributed by atoms with Gasteiger partial charge in [-0.15, -0.1) is 0 Å². The van der Waals surface area contributed by atoms with Crippen LogP contribution in [0.15, 0.2) is 12.2 Å².